The van der Waals surface area contributed by atoms with Crippen molar-refractivity contribution in [3.05, 3.63) is 58.6 Å². The Morgan fingerprint density at radius 1 is 0.846 bits per heavy atom. The topological polar surface area (TPSA) is 42.5 Å². The van der Waals surface area contributed by atoms with Gasteiger partial charge in [-0.25, -0.2) is 0 Å². The summed E-state index contributed by atoms with van der Waals surface area (Å²) in [4.78, 5) is 0. The lowest BCUT2D eigenvalue weighted by molar-refractivity contribution is 0.269. The van der Waals surface area contributed by atoms with Crippen molar-refractivity contribution in [3.8, 4) is 11.5 Å². The maximum absolute atomic E-state index is 5.94. The molecule has 2 rings (SSSR count). The summed E-state index contributed by atoms with van der Waals surface area (Å²) in [6.07, 6.45) is 1.12. The molecule has 0 heterocycles. The van der Waals surface area contributed by atoms with E-state index in [1.807, 2.05) is 37.3 Å². The number of hydrogen-bond donors (Lipinski definition) is 2. The van der Waals surface area contributed by atoms with Crippen LogP contribution in [-0.4, -0.2) is 26.2 Å². The van der Waals surface area contributed by atoms with Crippen LogP contribution in [-0.2, 0) is 13.2 Å². The standard InChI is InChI=1S/C21H29ClN2O2/c1-3-23-12-5-13-24-15-18-8-11-20(21(14-18)25-4-2)26-16-17-6-9-19(22)10-7-17/h6-11,14,23-24H,3-5,12-13,15-16H2,1-2H3. The maximum Gasteiger partial charge on any atom is 0.161 e. The Labute approximate surface area is 161 Å². The van der Waals surface area contributed by atoms with Gasteiger partial charge in [-0.15, -0.1) is 0 Å². The van der Waals surface area contributed by atoms with Gasteiger partial charge < -0.3 is 20.1 Å². The molecule has 2 aromatic rings. The Hall–Kier alpha value is -1.75. The highest BCUT2D eigenvalue weighted by atomic mass is 35.5. The van der Waals surface area contributed by atoms with Crippen LogP contribution in [0.15, 0.2) is 42.5 Å². The fourth-order valence-corrected chi connectivity index (χ4v) is 2.67. The third-order valence-electron chi connectivity index (χ3n) is 3.90. The lowest BCUT2D eigenvalue weighted by atomic mass is 10.2. The zero-order valence-electron chi connectivity index (χ0n) is 15.7. The number of rotatable bonds is 12. The molecule has 0 saturated heterocycles. The molecule has 0 fully saturated rings. The van der Waals surface area contributed by atoms with Gasteiger partial charge in [-0.1, -0.05) is 36.7 Å². The van der Waals surface area contributed by atoms with E-state index in [2.05, 4.69) is 29.7 Å². The molecule has 2 aromatic carbocycles. The van der Waals surface area contributed by atoms with Crippen molar-refractivity contribution >= 4 is 11.6 Å². The first kappa shape index (κ1) is 20.6. The Bertz CT molecular complexity index is 647. The Morgan fingerprint density at radius 2 is 1.58 bits per heavy atom. The van der Waals surface area contributed by atoms with E-state index in [4.69, 9.17) is 21.1 Å². The van der Waals surface area contributed by atoms with Gasteiger partial charge in [0.15, 0.2) is 11.5 Å². The zero-order valence-corrected chi connectivity index (χ0v) is 16.4. The first-order chi connectivity index (χ1) is 12.7. The summed E-state index contributed by atoms with van der Waals surface area (Å²) < 4.78 is 11.7. The van der Waals surface area contributed by atoms with Crippen LogP contribution in [0, 0.1) is 0 Å². The van der Waals surface area contributed by atoms with Gasteiger partial charge >= 0.3 is 0 Å². The van der Waals surface area contributed by atoms with Crippen LogP contribution in [0.1, 0.15) is 31.4 Å². The van der Waals surface area contributed by atoms with Crippen molar-refractivity contribution in [2.45, 2.75) is 33.4 Å². The minimum absolute atomic E-state index is 0.485. The molecule has 5 heteroatoms. The molecule has 0 aromatic heterocycles. The van der Waals surface area contributed by atoms with Crippen molar-refractivity contribution in [1.82, 2.24) is 10.6 Å². The van der Waals surface area contributed by atoms with Crippen molar-refractivity contribution in [1.29, 1.82) is 0 Å². The molecule has 0 aliphatic carbocycles. The summed E-state index contributed by atoms with van der Waals surface area (Å²) in [6.45, 7) is 9.08. The van der Waals surface area contributed by atoms with Crippen LogP contribution < -0.4 is 20.1 Å². The molecule has 0 aliphatic rings. The van der Waals surface area contributed by atoms with Gasteiger partial charge in [-0.05, 0) is 68.4 Å². The number of benzene rings is 2. The van der Waals surface area contributed by atoms with Crippen molar-refractivity contribution < 1.29 is 9.47 Å². The lowest BCUT2D eigenvalue weighted by Crippen LogP contribution is -2.21. The second-order valence-corrected chi connectivity index (χ2v) is 6.45. The van der Waals surface area contributed by atoms with Gasteiger partial charge in [-0.3, -0.25) is 0 Å². The molecule has 142 valence electrons. The van der Waals surface area contributed by atoms with Crippen molar-refractivity contribution in [3.63, 3.8) is 0 Å². The third kappa shape index (κ3) is 7.24. The van der Waals surface area contributed by atoms with Gasteiger partial charge in [-0.2, -0.15) is 0 Å². The third-order valence-corrected chi connectivity index (χ3v) is 4.15. The number of hydrogen-bond acceptors (Lipinski definition) is 4. The molecule has 0 unspecified atom stereocenters. The minimum Gasteiger partial charge on any atom is -0.490 e. The highest BCUT2D eigenvalue weighted by Crippen LogP contribution is 2.29. The van der Waals surface area contributed by atoms with Gasteiger partial charge in [0.25, 0.3) is 0 Å². The summed E-state index contributed by atoms with van der Waals surface area (Å²) in [7, 11) is 0. The van der Waals surface area contributed by atoms with Crippen LogP contribution in [0.3, 0.4) is 0 Å². The SMILES string of the molecule is CCNCCCNCc1ccc(OCc2ccc(Cl)cc2)c(OCC)c1. The first-order valence-electron chi connectivity index (χ1n) is 9.27. The summed E-state index contributed by atoms with van der Waals surface area (Å²) in [5.41, 5.74) is 2.26. The fourth-order valence-electron chi connectivity index (χ4n) is 2.54. The van der Waals surface area contributed by atoms with E-state index >= 15 is 0 Å². The van der Waals surface area contributed by atoms with Gasteiger partial charge in [0.1, 0.15) is 6.61 Å². The Balaban J connectivity index is 1.89. The van der Waals surface area contributed by atoms with Crippen LogP contribution in [0.4, 0.5) is 0 Å². The molecule has 0 bridgehead atoms. The molecule has 26 heavy (non-hydrogen) atoms. The van der Waals surface area contributed by atoms with E-state index in [0.717, 1.165) is 54.7 Å². The average molecular weight is 377 g/mol. The lowest BCUT2D eigenvalue weighted by Gasteiger charge is -2.14. The maximum atomic E-state index is 5.94. The monoisotopic (exact) mass is 376 g/mol. The Kier molecular flexibility index (Phi) is 9.32. The molecule has 0 saturated carbocycles. The fraction of sp³-hybridized carbons (Fsp3) is 0.429. The van der Waals surface area contributed by atoms with E-state index in [0.29, 0.717) is 13.2 Å². The predicted octanol–water partition coefficient (Wildman–Crippen LogP) is 4.41. The van der Waals surface area contributed by atoms with E-state index in [9.17, 15) is 0 Å². The van der Waals surface area contributed by atoms with E-state index in [-0.39, 0.29) is 0 Å². The Morgan fingerprint density at radius 3 is 2.31 bits per heavy atom. The molecule has 0 spiro atoms. The summed E-state index contributed by atoms with van der Waals surface area (Å²) in [6, 6.07) is 13.8. The highest BCUT2D eigenvalue weighted by Gasteiger charge is 2.07. The van der Waals surface area contributed by atoms with Crippen molar-refractivity contribution in [2.24, 2.45) is 0 Å². The minimum atomic E-state index is 0.485. The van der Waals surface area contributed by atoms with E-state index < -0.39 is 0 Å². The largest absolute Gasteiger partial charge is 0.490 e. The molecule has 0 atom stereocenters. The van der Waals surface area contributed by atoms with Gasteiger partial charge in [0.2, 0.25) is 0 Å². The summed E-state index contributed by atoms with van der Waals surface area (Å²) in [5, 5.41) is 7.52. The molecule has 0 aliphatic heterocycles. The number of nitrogens with one attached hydrogen (secondary N) is 2. The quantitative estimate of drug-likeness (QED) is 0.538. The smallest absolute Gasteiger partial charge is 0.161 e. The normalized spacial score (nSPS) is 10.7. The first-order valence-corrected chi connectivity index (χ1v) is 9.65. The zero-order chi connectivity index (χ0) is 18.6. The summed E-state index contributed by atoms with van der Waals surface area (Å²) in [5.74, 6) is 1.55. The average Bonchev–Trinajstić information content (AvgIpc) is 2.65. The molecular formula is C21H29ClN2O2. The molecular weight excluding hydrogens is 348 g/mol. The van der Waals surface area contributed by atoms with Crippen LogP contribution in [0.5, 0.6) is 11.5 Å². The molecule has 0 radical (unpaired) electrons. The van der Waals surface area contributed by atoms with Gasteiger partial charge in [0.05, 0.1) is 6.61 Å². The van der Waals surface area contributed by atoms with Gasteiger partial charge in [0, 0.05) is 11.6 Å². The number of ether oxygens (including phenoxy) is 2. The van der Waals surface area contributed by atoms with Crippen LogP contribution >= 0.6 is 11.6 Å². The predicted molar refractivity (Wildman–Crippen MR) is 108 cm³/mol. The molecule has 0 amide bonds. The van der Waals surface area contributed by atoms with E-state index in [1.165, 1.54) is 5.56 Å². The van der Waals surface area contributed by atoms with Crippen LogP contribution in [0.2, 0.25) is 5.02 Å². The number of halogens is 1. The van der Waals surface area contributed by atoms with E-state index in [1.54, 1.807) is 0 Å². The second kappa shape index (κ2) is 11.8. The highest BCUT2D eigenvalue weighted by molar-refractivity contribution is 6.30. The molecule has 4 nitrogen and oxygen atoms in total. The second-order valence-electron chi connectivity index (χ2n) is 6.01. The molecule has 2 N–H and O–H groups in total. The van der Waals surface area contributed by atoms with Crippen molar-refractivity contribution in [2.75, 3.05) is 26.2 Å². The summed E-state index contributed by atoms with van der Waals surface area (Å²) >= 11 is 5.92. The van der Waals surface area contributed by atoms with Crippen LogP contribution in [0.25, 0.3) is 0 Å².